The maximum Gasteiger partial charge on any atom is 0.0459 e. The molecular weight excluding hydrogens is 256 g/mol. The van der Waals surface area contributed by atoms with Crippen molar-refractivity contribution in [2.75, 3.05) is 18.0 Å². The van der Waals surface area contributed by atoms with Crippen LogP contribution in [0.25, 0.3) is 0 Å². The molecule has 1 fully saturated rings. The predicted molar refractivity (Wildman–Crippen MR) is 84.1 cm³/mol. The number of nitrogens with zero attached hydrogens (tertiary/aromatic N) is 1. The normalized spacial score (nSPS) is 20.4. The van der Waals surface area contributed by atoms with Crippen molar-refractivity contribution in [3.05, 3.63) is 28.8 Å². The van der Waals surface area contributed by atoms with Crippen LogP contribution in [0.15, 0.2) is 18.2 Å². The molecule has 2 nitrogen and oxygen atoms in total. The molecule has 0 aromatic heterocycles. The molecule has 0 spiro atoms. The lowest BCUT2D eigenvalue weighted by Gasteiger charge is -2.33. The molecule has 1 saturated heterocycles. The van der Waals surface area contributed by atoms with E-state index < -0.39 is 0 Å². The van der Waals surface area contributed by atoms with E-state index in [1.54, 1.807) is 0 Å². The molecule has 0 saturated carbocycles. The van der Waals surface area contributed by atoms with Gasteiger partial charge in [0, 0.05) is 23.3 Å². The topological polar surface area (TPSA) is 29.3 Å². The van der Waals surface area contributed by atoms with Crippen LogP contribution in [0.4, 0.5) is 5.69 Å². The number of nitrogens with two attached hydrogens (primary N) is 1. The van der Waals surface area contributed by atoms with Crippen LogP contribution in [-0.2, 0) is 6.42 Å². The monoisotopic (exact) mass is 280 g/mol. The van der Waals surface area contributed by atoms with Gasteiger partial charge in [0.05, 0.1) is 0 Å². The first kappa shape index (κ1) is 14.7. The van der Waals surface area contributed by atoms with Crippen molar-refractivity contribution in [1.29, 1.82) is 0 Å². The van der Waals surface area contributed by atoms with Crippen LogP contribution >= 0.6 is 11.6 Å². The van der Waals surface area contributed by atoms with Gasteiger partial charge in [-0.3, -0.25) is 0 Å². The smallest absolute Gasteiger partial charge is 0.0459 e. The van der Waals surface area contributed by atoms with E-state index in [-0.39, 0.29) is 0 Å². The Bertz CT molecular complexity index is 406. The molecule has 0 aliphatic carbocycles. The van der Waals surface area contributed by atoms with Gasteiger partial charge in [-0.2, -0.15) is 0 Å². The number of anilines is 1. The lowest BCUT2D eigenvalue weighted by atomic mass is 10.0. The molecule has 2 N–H and O–H groups in total. The summed E-state index contributed by atoms with van der Waals surface area (Å²) in [5.41, 5.74) is 8.29. The number of rotatable bonds is 4. The van der Waals surface area contributed by atoms with Crippen LogP contribution in [0.3, 0.4) is 0 Å². The van der Waals surface area contributed by atoms with E-state index in [1.807, 2.05) is 6.07 Å². The molecule has 106 valence electrons. The van der Waals surface area contributed by atoms with Crippen molar-refractivity contribution in [3.8, 4) is 0 Å². The number of hydrogen-bond acceptors (Lipinski definition) is 2. The van der Waals surface area contributed by atoms with Crippen LogP contribution in [0, 0.1) is 0 Å². The summed E-state index contributed by atoms with van der Waals surface area (Å²) in [5.74, 6) is 0. The second-order valence-corrected chi connectivity index (χ2v) is 5.79. The average molecular weight is 281 g/mol. The Morgan fingerprint density at radius 2 is 2.16 bits per heavy atom. The van der Waals surface area contributed by atoms with E-state index >= 15 is 0 Å². The Morgan fingerprint density at radius 3 is 2.89 bits per heavy atom. The van der Waals surface area contributed by atoms with E-state index in [0.717, 1.165) is 18.0 Å². The highest BCUT2D eigenvalue weighted by Gasteiger charge is 2.22. The Kier molecular flexibility index (Phi) is 5.53. The quantitative estimate of drug-likeness (QED) is 0.903. The van der Waals surface area contributed by atoms with Gasteiger partial charge in [0.1, 0.15) is 0 Å². The average Bonchev–Trinajstić information content (AvgIpc) is 2.66. The van der Waals surface area contributed by atoms with E-state index in [9.17, 15) is 0 Å². The van der Waals surface area contributed by atoms with E-state index in [4.69, 9.17) is 17.3 Å². The van der Waals surface area contributed by atoms with E-state index in [0.29, 0.717) is 12.6 Å². The lowest BCUT2D eigenvalue weighted by molar-refractivity contribution is 0.555. The fourth-order valence-corrected chi connectivity index (χ4v) is 3.39. The summed E-state index contributed by atoms with van der Waals surface area (Å²) >= 11 is 6.38. The zero-order valence-electron chi connectivity index (χ0n) is 11.9. The molecule has 1 unspecified atom stereocenters. The van der Waals surface area contributed by atoms with Crippen molar-refractivity contribution >= 4 is 17.3 Å². The summed E-state index contributed by atoms with van der Waals surface area (Å²) in [6.45, 7) is 4.09. The zero-order chi connectivity index (χ0) is 13.7. The molecule has 2 rings (SSSR count). The summed E-state index contributed by atoms with van der Waals surface area (Å²) in [7, 11) is 0. The third-order valence-electron chi connectivity index (χ3n) is 4.15. The van der Waals surface area contributed by atoms with Gasteiger partial charge in [-0.05, 0) is 49.9 Å². The minimum atomic E-state index is 0.650. The number of halogens is 1. The first-order valence-corrected chi connectivity index (χ1v) is 7.89. The van der Waals surface area contributed by atoms with Gasteiger partial charge < -0.3 is 10.6 Å². The fourth-order valence-electron chi connectivity index (χ4n) is 3.13. The number of benzene rings is 1. The number of hydrogen-bond donors (Lipinski definition) is 1. The Hall–Kier alpha value is -0.730. The summed E-state index contributed by atoms with van der Waals surface area (Å²) < 4.78 is 0. The maximum absolute atomic E-state index is 6.38. The van der Waals surface area contributed by atoms with Crippen LogP contribution in [0.1, 0.15) is 44.6 Å². The first-order valence-electron chi connectivity index (χ1n) is 7.52. The molecule has 0 amide bonds. The van der Waals surface area contributed by atoms with Crippen LogP contribution in [0.2, 0.25) is 5.02 Å². The molecule has 0 bridgehead atoms. The minimum Gasteiger partial charge on any atom is -0.368 e. The highest BCUT2D eigenvalue weighted by Crippen LogP contribution is 2.32. The third-order valence-corrected chi connectivity index (χ3v) is 4.50. The predicted octanol–water partition coefficient (Wildman–Crippen LogP) is 4.00. The van der Waals surface area contributed by atoms with Gasteiger partial charge in [-0.1, -0.05) is 37.4 Å². The second-order valence-electron chi connectivity index (χ2n) is 5.38. The largest absolute Gasteiger partial charge is 0.368 e. The molecule has 1 aliphatic rings. The summed E-state index contributed by atoms with van der Waals surface area (Å²) in [5, 5.41) is 0.863. The summed E-state index contributed by atoms with van der Waals surface area (Å²) in [4.78, 5) is 2.57. The van der Waals surface area contributed by atoms with Crippen molar-refractivity contribution in [2.45, 2.75) is 51.5 Å². The Balaban J connectivity index is 2.34. The van der Waals surface area contributed by atoms with Crippen molar-refractivity contribution in [2.24, 2.45) is 5.73 Å². The van der Waals surface area contributed by atoms with Gasteiger partial charge in [0.15, 0.2) is 0 Å². The van der Waals surface area contributed by atoms with Crippen molar-refractivity contribution in [1.82, 2.24) is 0 Å². The van der Waals surface area contributed by atoms with Crippen LogP contribution in [0.5, 0.6) is 0 Å². The molecule has 1 heterocycles. The first-order chi connectivity index (χ1) is 9.27. The van der Waals surface area contributed by atoms with Gasteiger partial charge in [-0.25, -0.2) is 0 Å². The van der Waals surface area contributed by atoms with Gasteiger partial charge >= 0.3 is 0 Å². The zero-order valence-corrected chi connectivity index (χ0v) is 12.6. The van der Waals surface area contributed by atoms with Gasteiger partial charge in [0.2, 0.25) is 0 Å². The highest BCUT2D eigenvalue weighted by atomic mass is 35.5. The lowest BCUT2D eigenvalue weighted by Crippen LogP contribution is -2.35. The van der Waals surface area contributed by atoms with E-state index in [2.05, 4.69) is 24.0 Å². The fraction of sp³-hybridized carbons (Fsp3) is 0.625. The molecule has 3 heteroatoms. The summed E-state index contributed by atoms with van der Waals surface area (Å²) in [6, 6.07) is 6.91. The van der Waals surface area contributed by atoms with E-state index in [1.165, 1.54) is 43.4 Å². The highest BCUT2D eigenvalue weighted by molar-refractivity contribution is 6.31. The Morgan fingerprint density at radius 1 is 1.32 bits per heavy atom. The third kappa shape index (κ3) is 3.43. The maximum atomic E-state index is 6.38. The van der Waals surface area contributed by atoms with Gasteiger partial charge in [0.25, 0.3) is 0 Å². The molecule has 1 aliphatic heterocycles. The van der Waals surface area contributed by atoms with Crippen molar-refractivity contribution < 1.29 is 0 Å². The second kappa shape index (κ2) is 7.16. The SMILES string of the molecule is CCC1CCCCCN1c1cccc(Cl)c1CCN. The van der Waals surface area contributed by atoms with Crippen LogP contribution < -0.4 is 10.6 Å². The molecule has 1 aromatic carbocycles. The molecular formula is C16H25ClN2. The van der Waals surface area contributed by atoms with Crippen LogP contribution in [-0.4, -0.2) is 19.1 Å². The summed E-state index contributed by atoms with van der Waals surface area (Å²) in [6.07, 6.45) is 7.34. The molecule has 1 aromatic rings. The van der Waals surface area contributed by atoms with Crippen molar-refractivity contribution in [3.63, 3.8) is 0 Å². The van der Waals surface area contributed by atoms with Gasteiger partial charge in [-0.15, -0.1) is 0 Å². The minimum absolute atomic E-state index is 0.650. The molecule has 19 heavy (non-hydrogen) atoms. The Labute approximate surface area is 121 Å². The standard InChI is InChI=1S/C16H25ClN2/c1-2-13-7-4-3-5-12-19(13)16-9-6-8-15(17)14(16)10-11-18/h6,8-9,13H,2-5,7,10-12,18H2,1H3. The molecule has 0 radical (unpaired) electrons. The molecule has 1 atom stereocenters.